The Kier molecular flexibility index (Phi) is 3.98. The van der Waals surface area contributed by atoms with Gasteiger partial charge in [0.05, 0.1) is 6.42 Å². The Labute approximate surface area is 101 Å². The van der Waals surface area contributed by atoms with Crippen LogP contribution in [-0.4, -0.2) is 25.2 Å². The molecule has 2 rings (SSSR count). The second-order valence-corrected chi connectivity index (χ2v) is 4.37. The number of primary amides is 1. The number of benzene rings is 1. The summed E-state index contributed by atoms with van der Waals surface area (Å²) in [4.78, 5) is 10.8. The molecule has 0 aromatic heterocycles. The number of nitrogens with one attached hydrogen (secondary N) is 1. The van der Waals surface area contributed by atoms with Crippen molar-refractivity contribution in [3.63, 3.8) is 0 Å². The Balaban J connectivity index is 1.90. The van der Waals surface area contributed by atoms with E-state index in [1.807, 2.05) is 24.3 Å². The lowest BCUT2D eigenvalue weighted by atomic mass is 10.1. The lowest BCUT2D eigenvalue weighted by Gasteiger charge is -2.24. The van der Waals surface area contributed by atoms with Crippen LogP contribution in [0.1, 0.15) is 18.4 Å². The molecular formula is C13H18N2O2. The zero-order valence-electron chi connectivity index (χ0n) is 9.82. The molecule has 0 aliphatic carbocycles. The largest absolute Gasteiger partial charge is 0.382 e. The molecule has 1 amide bonds. The van der Waals surface area contributed by atoms with E-state index in [0.717, 1.165) is 37.3 Å². The van der Waals surface area contributed by atoms with Gasteiger partial charge in [0.1, 0.15) is 0 Å². The van der Waals surface area contributed by atoms with Crippen LogP contribution in [0.2, 0.25) is 0 Å². The van der Waals surface area contributed by atoms with Crippen molar-refractivity contribution in [2.24, 2.45) is 5.73 Å². The maximum absolute atomic E-state index is 10.8. The minimum atomic E-state index is -0.296. The molecule has 1 heterocycles. The van der Waals surface area contributed by atoms with Gasteiger partial charge >= 0.3 is 0 Å². The molecule has 1 aliphatic rings. The number of anilines is 1. The van der Waals surface area contributed by atoms with E-state index in [4.69, 9.17) is 10.5 Å². The highest BCUT2D eigenvalue weighted by Crippen LogP contribution is 2.16. The van der Waals surface area contributed by atoms with Crippen molar-refractivity contribution in [1.29, 1.82) is 0 Å². The van der Waals surface area contributed by atoms with Crippen LogP contribution in [0.25, 0.3) is 0 Å². The summed E-state index contributed by atoms with van der Waals surface area (Å²) in [6, 6.07) is 8.35. The van der Waals surface area contributed by atoms with E-state index in [9.17, 15) is 4.79 Å². The van der Waals surface area contributed by atoms with Crippen LogP contribution < -0.4 is 11.1 Å². The van der Waals surface area contributed by atoms with E-state index in [2.05, 4.69) is 5.32 Å². The quantitative estimate of drug-likeness (QED) is 0.825. The molecule has 1 aromatic rings. The Morgan fingerprint density at radius 2 is 1.94 bits per heavy atom. The molecule has 0 saturated carbocycles. The molecule has 1 aliphatic heterocycles. The number of hydrogen-bond acceptors (Lipinski definition) is 3. The number of carbonyl (C=O) groups excluding carboxylic acids is 1. The van der Waals surface area contributed by atoms with E-state index in [-0.39, 0.29) is 5.91 Å². The van der Waals surface area contributed by atoms with Crippen LogP contribution in [-0.2, 0) is 16.0 Å². The summed E-state index contributed by atoms with van der Waals surface area (Å²) in [6.45, 7) is 1.66. The molecule has 1 aromatic carbocycles. The molecule has 0 radical (unpaired) electrons. The maximum atomic E-state index is 10.8. The van der Waals surface area contributed by atoms with Crippen molar-refractivity contribution < 1.29 is 9.53 Å². The first-order valence-electron chi connectivity index (χ1n) is 5.95. The second-order valence-electron chi connectivity index (χ2n) is 4.37. The van der Waals surface area contributed by atoms with Gasteiger partial charge in [-0.15, -0.1) is 0 Å². The van der Waals surface area contributed by atoms with Crippen molar-refractivity contribution in [3.05, 3.63) is 29.8 Å². The minimum absolute atomic E-state index is 0.296. The summed E-state index contributed by atoms with van der Waals surface area (Å²) < 4.78 is 5.31. The van der Waals surface area contributed by atoms with Gasteiger partial charge in [-0.1, -0.05) is 12.1 Å². The SMILES string of the molecule is NC(=O)Cc1ccc(NC2CCOCC2)cc1. The fourth-order valence-corrected chi connectivity index (χ4v) is 2.00. The highest BCUT2D eigenvalue weighted by Gasteiger charge is 2.12. The predicted molar refractivity (Wildman–Crippen MR) is 66.8 cm³/mol. The molecule has 0 atom stereocenters. The van der Waals surface area contributed by atoms with Crippen LogP contribution in [0.15, 0.2) is 24.3 Å². The van der Waals surface area contributed by atoms with Crippen molar-refractivity contribution >= 4 is 11.6 Å². The summed E-state index contributed by atoms with van der Waals surface area (Å²) in [5.74, 6) is -0.296. The standard InChI is InChI=1S/C13H18N2O2/c14-13(16)9-10-1-3-11(4-2-10)15-12-5-7-17-8-6-12/h1-4,12,15H,5-9H2,(H2,14,16). The van der Waals surface area contributed by atoms with Gasteiger partial charge in [-0.25, -0.2) is 0 Å². The van der Waals surface area contributed by atoms with Gasteiger partial charge in [-0.05, 0) is 30.5 Å². The normalized spacial score (nSPS) is 16.7. The van der Waals surface area contributed by atoms with Crippen LogP contribution in [0.5, 0.6) is 0 Å². The van der Waals surface area contributed by atoms with Crippen molar-refractivity contribution in [2.45, 2.75) is 25.3 Å². The summed E-state index contributed by atoms with van der Waals surface area (Å²) >= 11 is 0. The zero-order chi connectivity index (χ0) is 12.1. The molecule has 4 nitrogen and oxygen atoms in total. The van der Waals surface area contributed by atoms with Crippen LogP contribution >= 0.6 is 0 Å². The summed E-state index contributed by atoms with van der Waals surface area (Å²) in [5, 5.41) is 3.47. The van der Waals surface area contributed by atoms with Gasteiger partial charge in [0.2, 0.25) is 5.91 Å². The molecule has 17 heavy (non-hydrogen) atoms. The molecule has 4 heteroatoms. The van der Waals surface area contributed by atoms with Crippen LogP contribution in [0.3, 0.4) is 0 Å². The van der Waals surface area contributed by atoms with Crippen molar-refractivity contribution in [2.75, 3.05) is 18.5 Å². The molecule has 92 valence electrons. The van der Waals surface area contributed by atoms with E-state index in [0.29, 0.717) is 12.5 Å². The predicted octanol–water partition coefficient (Wildman–Crippen LogP) is 1.31. The Morgan fingerprint density at radius 1 is 1.29 bits per heavy atom. The smallest absolute Gasteiger partial charge is 0.221 e. The number of amides is 1. The van der Waals surface area contributed by atoms with Gasteiger partial charge in [0, 0.05) is 24.9 Å². The van der Waals surface area contributed by atoms with Crippen LogP contribution in [0, 0.1) is 0 Å². The van der Waals surface area contributed by atoms with Gasteiger partial charge in [-0.3, -0.25) is 4.79 Å². The summed E-state index contributed by atoms with van der Waals surface area (Å²) in [5.41, 5.74) is 7.19. The number of nitrogens with two attached hydrogens (primary N) is 1. The van der Waals surface area contributed by atoms with Gasteiger partial charge in [0.25, 0.3) is 0 Å². The fourth-order valence-electron chi connectivity index (χ4n) is 2.00. The highest BCUT2D eigenvalue weighted by atomic mass is 16.5. The number of rotatable bonds is 4. The van der Waals surface area contributed by atoms with Crippen molar-refractivity contribution in [1.82, 2.24) is 0 Å². The summed E-state index contributed by atoms with van der Waals surface area (Å²) in [7, 11) is 0. The van der Waals surface area contributed by atoms with Gasteiger partial charge < -0.3 is 15.8 Å². The highest BCUT2D eigenvalue weighted by molar-refractivity contribution is 5.76. The molecular weight excluding hydrogens is 216 g/mol. The minimum Gasteiger partial charge on any atom is -0.382 e. The topological polar surface area (TPSA) is 64.4 Å². The Bertz CT molecular complexity index is 370. The van der Waals surface area contributed by atoms with E-state index >= 15 is 0 Å². The van der Waals surface area contributed by atoms with Crippen LogP contribution in [0.4, 0.5) is 5.69 Å². The van der Waals surface area contributed by atoms with E-state index in [1.165, 1.54) is 0 Å². The fraction of sp³-hybridized carbons (Fsp3) is 0.462. The zero-order valence-corrected chi connectivity index (χ0v) is 9.82. The third-order valence-corrected chi connectivity index (χ3v) is 2.92. The molecule has 0 bridgehead atoms. The Morgan fingerprint density at radius 3 is 2.53 bits per heavy atom. The van der Waals surface area contributed by atoms with Gasteiger partial charge in [-0.2, -0.15) is 0 Å². The number of carbonyl (C=O) groups is 1. The summed E-state index contributed by atoms with van der Waals surface area (Å²) in [6.07, 6.45) is 2.39. The lowest BCUT2D eigenvalue weighted by Crippen LogP contribution is -2.27. The molecule has 1 fully saturated rings. The molecule has 3 N–H and O–H groups in total. The van der Waals surface area contributed by atoms with E-state index < -0.39 is 0 Å². The van der Waals surface area contributed by atoms with E-state index in [1.54, 1.807) is 0 Å². The Hall–Kier alpha value is -1.55. The first kappa shape index (κ1) is 11.9. The first-order valence-corrected chi connectivity index (χ1v) is 5.95. The molecule has 1 saturated heterocycles. The third-order valence-electron chi connectivity index (χ3n) is 2.92. The molecule has 0 unspecified atom stereocenters. The van der Waals surface area contributed by atoms with Crippen molar-refractivity contribution in [3.8, 4) is 0 Å². The second kappa shape index (κ2) is 5.68. The van der Waals surface area contributed by atoms with Gasteiger partial charge in [0.15, 0.2) is 0 Å². The number of ether oxygens (including phenoxy) is 1. The average molecular weight is 234 g/mol. The lowest BCUT2D eigenvalue weighted by molar-refractivity contribution is -0.117. The average Bonchev–Trinajstić information content (AvgIpc) is 2.32. The first-order chi connectivity index (χ1) is 8.24. The third kappa shape index (κ3) is 3.75. The maximum Gasteiger partial charge on any atom is 0.221 e. The number of hydrogen-bond donors (Lipinski definition) is 2. The molecule has 0 spiro atoms. The monoisotopic (exact) mass is 234 g/mol.